The third kappa shape index (κ3) is 5.35. The Morgan fingerprint density at radius 2 is 2.09 bits per heavy atom. The molecular weight excluding hydrogens is 298 g/mol. The molecule has 1 heterocycles. The largest absolute Gasteiger partial charge is 0.352 e. The van der Waals surface area contributed by atoms with Crippen molar-refractivity contribution in [1.29, 1.82) is 0 Å². The highest BCUT2D eigenvalue weighted by Crippen LogP contribution is 2.13. The topological polar surface area (TPSA) is 70.2 Å². The second-order valence-corrected chi connectivity index (χ2v) is 6.46. The van der Waals surface area contributed by atoms with Crippen molar-refractivity contribution in [1.82, 2.24) is 10.6 Å². The van der Waals surface area contributed by atoms with E-state index in [0.717, 1.165) is 30.2 Å². The highest BCUT2D eigenvalue weighted by atomic mass is 32.2. The molecular formula is C16H23N3O2S. The molecule has 0 spiro atoms. The molecule has 1 aliphatic heterocycles. The first-order valence-electron chi connectivity index (χ1n) is 7.68. The van der Waals surface area contributed by atoms with Crippen LogP contribution in [0.3, 0.4) is 0 Å². The fourth-order valence-corrected chi connectivity index (χ4v) is 3.18. The summed E-state index contributed by atoms with van der Waals surface area (Å²) in [6.45, 7) is 3.65. The van der Waals surface area contributed by atoms with E-state index in [1.54, 1.807) is 24.3 Å². The molecule has 5 nitrogen and oxygen atoms in total. The lowest BCUT2D eigenvalue weighted by atomic mass is 10.1. The molecule has 120 valence electrons. The molecule has 22 heavy (non-hydrogen) atoms. The van der Waals surface area contributed by atoms with Crippen LogP contribution in [0.15, 0.2) is 24.3 Å². The molecule has 0 aliphatic carbocycles. The van der Waals surface area contributed by atoms with Gasteiger partial charge in [0.1, 0.15) is 0 Å². The summed E-state index contributed by atoms with van der Waals surface area (Å²) >= 11 is 1.88. The lowest BCUT2D eigenvalue weighted by Gasteiger charge is -2.22. The van der Waals surface area contributed by atoms with E-state index in [0.29, 0.717) is 18.5 Å². The van der Waals surface area contributed by atoms with Gasteiger partial charge in [-0.05, 0) is 30.7 Å². The summed E-state index contributed by atoms with van der Waals surface area (Å²) in [7, 11) is 0. The molecule has 2 rings (SSSR count). The van der Waals surface area contributed by atoms with Gasteiger partial charge in [-0.3, -0.25) is 9.59 Å². The molecule has 1 fully saturated rings. The van der Waals surface area contributed by atoms with Gasteiger partial charge in [-0.25, -0.2) is 0 Å². The first-order chi connectivity index (χ1) is 10.7. The van der Waals surface area contributed by atoms with Crippen LogP contribution in [0, 0.1) is 0 Å². The average molecular weight is 321 g/mol. The summed E-state index contributed by atoms with van der Waals surface area (Å²) in [6, 6.07) is 7.24. The first kappa shape index (κ1) is 16.8. The molecule has 3 N–H and O–H groups in total. The SMILES string of the molecule is CCCNC(=O)c1ccc(NC(=O)CC2CSCCN2)cc1. The molecule has 1 atom stereocenters. The van der Waals surface area contributed by atoms with Crippen LogP contribution >= 0.6 is 11.8 Å². The first-order valence-corrected chi connectivity index (χ1v) is 8.83. The van der Waals surface area contributed by atoms with Crippen molar-refractivity contribution in [3.8, 4) is 0 Å². The number of hydrogen-bond acceptors (Lipinski definition) is 4. The summed E-state index contributed by atoms with van der Waals surface area (Å²) in [6.07, 6.45) is 1.39. The Balaban J connectivity index is 1.82. The van der Waals surface area contributed by atoms with E-state index >= 15 is 0 Å². The van der Waals surface area contributed by atoms with Gasteiger partial charge in [0.15, 0.2) is 0 Å². The Labute approximate surface area is 135 Å². The zero-order valence-electron chi connectivity index (χ0n) is 12.9. The van der Waals surface area contributed by atoms with Crippen LogP contribution in [0.5, 0.6) is 0 Å². The van der Waals surface area contributed by atoms with Crippen molar-refractivity contribution in [2.24, 2.45) is 0 Å². The number of rotatable bonds is 6. The van der Waals surface area contributed by atoms with Gasteiger partial charge < -0.3 is 16.0 Å². The summed E-state index contributed by atoms with van der Waals surface area (Å²) in [5.74, 6) is 2.01. The highest BCUT2D eigenvalue weighted by Gasteiger charge is 2.16. The summed E-state index contributed by atoms with van der Waals surface area (Å²) in [5.41, 5.74) is 1.33. The Kier molecular flexibility index (Phi) is 6.74. The average Bonchev–Trinajstić information content (AvgIpc) is 2.54. The summed E-state index contributed by atoms with van der Waals surface area (Å²) in [4.78, 5) is 23.8. The van der Waals surface area contributed by atoms with Crippen LogP contribution < -0.4 is 16.0 Å². The zero-order valence-corrected chi connectivity index (χ0v) is 13.7. The van der Waals surface area contributed by atoms with E-state index in [2.05, 4.69) is 16.0 Å². The van der Waals surface area contributed by atoms with Crippen LogP contribution in [0.4, 0.5) is 5.69 Å². The van der Waals surface area contributed by atoms with Crippen LogP contribution in [-0.4, -0.2) is 42.5 Å². The van der Waals surface area contributed by atoms with E-state index in [9.17, 15) is 9.59 Å². The third-order valence-corrected chi connectivity index (χ3v) is 4.53. The molecule has 0 saturated carbocycles. The minimum Gasteiger partial charge on any atom is -0.352 e. The molecule has 6 heteroatoms. The number of anilines is 1. The van der Waals surface area contributed by atoms with E-state index in [1.807, 2.05) is 18.7 Å². The molecule has 1 saturated heterocycles. The fourth-order valence-electron chi connectivity index (χ4n) is 2.23. The van der Waals surface area contributed by atoms with Gasteiger partial charge in [0.2, 0.25) is 5.91 Å². The Morgan fingerprint density at radius 1 is 1.32 bits per heavy atom. The number of amides is 2. The van der Waals surface area contributed by atoms with Crippen LogP contribution in [0.1, 0.15) is 30.1 Å². The van der Waals surface area contributed by atoms with Crippen molar-refractivity contribution < 1.29 is 9.59 Å². The lowest BCUT2D eigenvalue weighted by Crippen LogP contribution is -2.39. The maximum atomic E-state index is 12.0. The highest BCUT2D eigenvalue weighted by molar-refractivity contribution is 7.99. The molecule has 1 aromatic rings. The lowest BCUT2D eigenvalue weighted by molar-refractivity contribution is -0.116. The third-order valence-electron chi connectivity index (χ3n) is 3.40. The zero-order chi connectivity index (χ0) is 15.8. The van der Waals surface area contributed by atoms with E-state index in [-0.39, 0.29) is 17.9 Å². The van der Waals surface area contributed by atoms with Gasteiger partial charge in [-0.15, -0.1) is 0 Å². The number of benzene rings is 1. The van der Waals surface area contributed by atoms with Crippen LogP contribution in [0.2, 0.25) is 0 Å². The summed E-state index contributed by atoms with van der Waals surface area (Å²) < 4.78 is 0. The van der Waals surface area contributed by atoms with Gasteiger partial charge in [-0.2, -0.15) is 11.8 Å². The number of carbonyl (C=O) groups excluding carboxylic acids is 2. The number of nitrogens with one attached hydrogen (secondary N) is 3. The van der Waals surface area contributed by atoms with Crippen molar-refractivity contribution in [3.05, 3.63) is 29.8 Å². The van der Waals surface area contributed by atoms with Crippen LogP contribution in [-0.2, 0) is 4.79 Å². The minimum atomic E-state index is -0.0804. The van der Waals surface area contributed by atoms with Gasteiger partial charge in [-0.1, -0.05) is 6.92 Å². The molecule has 1 aromatic carbocycles. The van der Waals surface area contributed by atoms with Crippen molar-refractivity contribution in [2.75, 3.05) is 29.9 Å². The predicted octanol–water partition coefficient (Wildman–Crippen LogP) is 1.86. The van der Waals surface area contributed by atoms with E-state index < -0.39 is 0 Å². The van der Waals surface area contributed by atoms with Gasteiger partial charge in [0.05, 0.1) is 0 Å². The Morgan fingerprint density at radius 3 is 2.73 bits per heavy atom. The fraction of sp³-hybridized carbons (Fsp3) is 0.500. The number of hydrogen-bond donors (Lipinski definition) is 3. The summed E-state index contributed by atoms with van der Waals surface area (Å²) in [5, 5.41) is 9.05. The standard InChI is InChI=1S/C16H23N3O2S/c1-2-7-18-16(21)12-3-5-13(6-4-12)19-15(20)10-14-11-22-9-8-17-14/h3-6,14,17H,2,7-11H2,1H3,(H,18,21)(H,19,20). The minimum absolute atomic E-state index is 0.00295. The van der Waals surface area contributed by atoms with Crippen molar-refractivity contribution in [2.45, 2.75) is 25.8 Å². The maximum Gasteiger partial charge on any atom is 0.251 e. The second kappa shape index (κ2) is 8.80. The number of carbonyl (C=O) groups is 2. The molecule has 0 aromatic heterocycles. The normalized spacial score (nSPS) is 17.8. The monoisotopic (exact) mass is 321 g/mol. The molecule has 1 aliphatic rings. The van der Waals surface area contributed by atoms with E-state index in [4.69, 9.17) is 0 Å². The van der Waals surface area contributed by atoms with Gasteiger partial charge in [0.25, 0.3) is 5.91 Å². The van der Waals surface area contributed by atoms with Crippen molar-refractivity contribution in [3.63, 3.8) is 0 Å². The Hall–Kier alpha value is -1.53. The molecule has 1 unspecified atom stereocenters. The van der Waals surface area contributed by atoms with Crippen LogP contribution in [0.25, 0.3) is 0 Å². The van der Waals surface area contributed by atoms with Gasteiger partial charge in [0, 0.05) is 48.3 Å². The maximum absolute atomic E-state index is 12.0. The Bertz CT molecular complexity index is 499. The van der Waals surface area contributed by atoms with Crippen molar-refractivity contribution >= 4 is 29.3 Å². The number of thioether (sulfide) groups is 1. The quantitative estimate of drug-likeness (QED) is 0.748. The van der Waals surface area contributed by atoms with E-state index in [1.165, 1.54) is 0 Å². The predicted molar refractivity (Wildman–Crippen MR) is 91.4 cm³/mol. The van der Waals surface area contributed by atoms with Gasteiger partial charge >= 0.3 is 0 Å². The molecule has 2 amide bonds. The second-order valence-electron chi connectivity index (χ2n) is 5.31. The smallest absolute Gasteiger partial charge is 0.251 e. The molecule has 0 bridgehead atoms. The molecule has 0 radical (unpaired) electrons.